The second kappa shape index (κ2) is 8.53. The molecule has 0 saturated carbocycles. The highest BCUT2D eigenvalue weighted by Gasteiger charge is 2.10. The normalized spacial score (nSPS) is 14.4. The van der Waals surface area contributed by atoms with E-state index in [9.17, 15) is 4.79 Å². The van der Waals surface area contributed by atoms with Crippen molar-refractivity contribution < 1.29 is 4.79 Å². The molecule has 0 aromatic heterocycles. The summed E-state index contributed by atoms with van der Waals surface area (Å²) >= 11 is 0. The lowest BCUT2D eigenvalue weighted by molar-refractivity contribution is 0.235. The topological polar surface area (TPSA) is 67.2 Å². The van der Waals surface area contributed by atoms with Gasteiger partial charge in [0.2, 0.25) is 0 Å². The Morgan fingerprint density at radius 3 is 2.40 bits per heavy atom. The van der Waals surface area contributed by atoms with Crippen LogP contribution in [0, 0.1) is 5.92 Å². The fraction of sp³-hybridized carbons (Fsp3) is 0.909. The third-order valence-corrected chi connectivity index (χ3v) is 2.80. The third-order valence-electron chi connectivity index (χ3n) is 2.80. The summed E-state index contributed by atoms with van der Waals surface area (Å²) in [5, 5.41) is 5.46. The molecule has 0 saturated heterocycles. The molecule has 0 spiro atoms. The van der Waals surface area contributed by atoms with Gasteiger partial charge in [-0.05, 0) is 25.2 Å². The van der Waals surface area contributed by atoms with Crippen LogP contribution in [0.3, 0.4) is 0 Å². The first-order valence-corrected chi connectivity index (χ1v) is 5.88. The number of hydrogen-bond acceptors (Lipinski definition) is 2. The van der Waals surface area contributed by atoms with Crippen LogP contribution in [0.1, 0.15) is 46.5 Å². The summed E-state index contributed by atoms with van der Waals surface area (Å²) in [4.78, 5) is 11.2. The molecule has 4 N–H and O–H groups in total. The SMILES string of the molecule is CCC(C)CCC(CC)NC(=O)NCN. The summed E-state index contributed by atoms with van der Waals surface area (Å²) in [6.07, 6.45) is 4.38. The Morgan fingerprint density at radius 2 is 1.93 bits per heavy atom. The standard InChI is InChI=1S/C11H25N3O/c1-4-9(3)6-7-10(5-2)14-11(15)13-8-12/h9-10H,4-8,12H2,1-3H3,(H2,13,14,15). The molecule has 4 heteroatoms. The van der Waals surface area contributed by atoms with Gasteiger partial charge in [0.05, 0.1) is 6.67 Å². The first-order chi connectivity index (χ1) is 7.13. The lowest BCUT2D eigenvalue weighted by Crippen LogP contribution is -2.43. The monoisotopic (exact) mass is 215 g/mol. The Balaban J connectivity index is 3.77. The smallest absolute Gasteiger partial charge is 0.316 e. The minimum Gasteiger partial charge on any atom is -0.335 e. The average molecular weight is 215 g/mol. The maximum Gasteiger partial charge on any atom is 0.316 e. The van der Waals surface area contributed by atoms with Gasteiger partial charge in [-0.15, -0.1) is 0 Å². The molecule has 4 nitrogen and oxygen atoms in total. The van der Waals surface area contributed by atoms with Gasteiger partial charge >= 0.3 is 6.03 Å². The molecule has 0 radical (unpaired) electrons. The van der Waals surface area contributed by atoms with E-state index in [-0.39, 0.29) is 18.7 Å². The van der Waals surface area contributed by atoms with Gasteiger partial charge < -0.3 is 16.4 Å². The van der Waals surface area contributed by atoms with E-state index in [4.69, 9.17) is 5.73 Å². The maximum absolute atomic E-state index is 11.2. The van der Waals surface area contributed by atoms with Crippen LogP contribution >= 0.6 is 0 Å². The third kappa shape index (κ3) is 7.19. The van der Waals surface area contributed by atoms with Gasteiger partial charge in [0.25, 0.3) is 0 Å². The van der Waals surface area contributed by atoms with Crippen molar-refractivity contribution in [3.63, 3.8) is 0 Å². The first kappa shape index (κ1) is 14.2. The molecule has 0 heterocycles. The van der Waals surface area contributed by atoms with E-state index in [2.05, 4.69) is 31.4 Å². The van der Waals surface area contributed by atoms with E-state index in [0.717, 1.165) is 25.2 Å². The van der Waals surface area contributed by atoms with Crippen molar-refractivity contribution in [2.24, 2.45) is 11.7 Å². The highest BCUT2D eigenvalue weighted by Crippen LogP contribution is 2.12. The summed E-state index contributed by atoms with van der Waals surface area (Å²) < 4.78 is 0. The molecule has 2 unspecified atom stereocenters. The molecule has 0 aliphatic heterocycles. The van der Waals surface area contributed by atoms with Gasteiger partial charge in [0.15, 0.2) is 0 Å². The molecule has 0 aliphatic rings. The number of carbonyl (C=O) groups excluding carboxylic acids is 1. The van der Waals surface area contributed by atoms with Crippen LogP contribution in [0.2, 0.25) is 0 Å². The predicted octanol–water partition coefficient (Wildman–Crippen LogP) is 1.81. The van der Waals surface area contributed by atoms with E-state index in [1.807, 2.05) is 0 Å². The average Bonchev–Trinajstić information content (AvgIpc) is 2.23. The summed E-state index contributed by atoms with van der Waals surface area (Å²) in [6.45, 7) is 6.71. The molecule has 0 aromatic rings. The fourth-order valence-corrected chi connectivity index (χ4v) is 1.40. The van der Waals surface area contributed by atoms with Crippen molar-refractivity contribution >= 4 is 6.03 Å². The number of rotatable bonds is 7. The van der Waals surface area contributed by atoms with Crippen molar-refractivity contribution in [2.75, 3.05) is 6.67 Å². The molecular weight excluding hydrogens is 190 g/mol. The zero-order valence-electron chi connectivity index (χ0n) is 10.2. The Kier molecular flexibility index (Phi) is 8.09. The zero-order valence-corrected chi connectivity index (χ0v) is 10.2. The predicted molar refractivity (Wildman–Crippen MR) is 63.5 cm³/mol. The lowest BCUT2D eigenvalue weighted by Gasteiger charge is -2.18. The van der Waals surface area contributed by atoms with E-state index in [1.54, 1.807) is 0 Å². The number of carbonyl (C=O) groups is 1. The van der Waals surface area contributed by atoms with Crippen LogP contribution in [0.25, 0.3) is 0 Å². The zero-order chi connectivity index (χ0) is 11.7. The Labute approximate surface area is 93.0 Å². The van der Waals surface area contributed by atoms with Gasteiger partial charge in [-0.3, -0.25) is 0 Å². The molecule has 2 amide bonds. The van der Waals surface area contributed by atoms with Crippen molar-refractivity contribution in [3.05, 3.63) is 0 Å². The van der Waals surface area contributed by atoms with Gasteiger partial charge in [0, 0.05) is 6.04 Å². The van der Waals surface area contributed by atoms with E-state index in [0.29, 0.717) is 0 Å². The second-order valence-electron chi connectivity index (χ2n) is 4.05. The van der Waals surface area contributed by atoms with Gasteiger partial charge in [-0.2, -0.15) is 0 Å². The van der Waals surface area contributed by atoms with Crippen LogP contribution in [-0.4, -0.2) is 18.7 Å². The highest BCUT2D eigenvalue weighted by atomic mass is 16.2. The van der Waals surface area contributed by atoms with Crippen molar-refractivity contribution in [2.45, 2.75) is 52.5 Å². The molecule has 0 aromatic carbocycles. The molecule has 2 atom stereocenters. The van der Waals surface area contributed by atoms with Gasteiger partial charge in [-0.25, -0.2) is 4.79 Å². The van der Waals surface area contributed by atoms with Crippen molar-refractivity contribution in [3.8, 4) is 0 Å². The van der Waals surface area contributed by atoms with Crippen LogP contribution < -0.4 is 16.4 Å². The van der Waals surface area contributed by atoms with E-state index >= 15 is 0 Å². The molecule has 90 valence electrons. The van der Waals surface area contributed by atoms with Crippen LogP contribution in [-0.2, 0) is 0 Å². The van der Waals surface area contributed by atoms with Crippen LogP contribution in [0.15, 0.2) is 0 Å². The number of amides is 2. The number of nitrogens with one attached hydrogen (secondary N) is 2. The van der Waals surface area contributed by atoms with Crippen molar-refractivity contribution in [1.82, 2.24) is 10.6 Å². The number of urea groups is 1. The van der Waals surface area contributed by atoms with E-state index in [1.165, 1.54) is 6.42 Å². The van der Waals surface area contributed by atoms with Crippen LogP contribution in [0.4, 0.5) is 4.79 Å². The lowest BCUT2D eigenvalue weighted by atomic mass is 9.98. The molecule has 0 aliphatic carbocycles. The first-order valence-electron chi connectivity index (χ1n) is 5.88. The summed E-state index contributed by atoms with van der Waals surface area (Å²) in [6, 6.07) is 0.110. The summed E-state index contributed by atoms with van der Waals surface area (Å²) in [5.74, 6) is 0.735. The minimum absolute atomic E-state index is 0.159. The van der Waals surface area contributed by atoms with Gasteiger partial charge in [0.1, 0.15) is 0 Å². The second-order valence-corrected chi connectivity index (χ2v) is 4.05. The largest absolute Gasteiger partial charge is 0.335 e. The molecule has 0 fully saturated rings. The summed E-state index contributed by atoms with van der Waals surface area (Å²) in [7, 11) is 0. The Hall–Kier alpha value is -0.770. The maximum atomic E-state index is 11.2. The highest BCUT2D eigenvalue weighted by molar-refractivity contribution is 5.74. The molecule has 15 heavy (non-hydrogen) atoms. The van der Waals surface area contributed by atoms with E-state index < -0.39 is 0 Å². The molecule has 0 rings (SSSR count). The molecule has 0 bridgehead atoms. The number of nitrogens with two attached hydrogens (primary N) is 1. The minimum atomic E-state index is -0.159. The molecular formula is C11H25N3O. The fourth-order valence-electron chi connectivity index (χ4n) is 1.40. The number of hydrogen-bond donors (Lipinski definition) is 3. The van der Waals surface area contributed by atoms with Gasteiger partial charge in [-0.1, -0.05) is 27.2 Å². The Bertz CT molecular complexity index is 173. The van der Waals surface area contributed by atoms with Crippen molar-refractivity contribution in [1.29, 1.82) is 0 Å². The quantitative estimate of drug-likeness (QED) is 0.567. The van der Waals surface area contributed by atoms with Crippen LogP contribution in [0.5, 0.6) is 0 Å². The Morgan fingerprint density at radius 1 is 1.27 bits per heavy atom. The summed E-state index contributed by atoms with van der Waals surface area (Å²) in [5.41, 5.74) is 5.22.